The summed E-state index contributed by atoms with van der Waals surface area (Å²) in [6.45, 7) is 2.43. The minimum absolute atomic E-state index is 0.109. The van der Waals surface area contributed by atoms with Crippen LogP contribution in [0.3, 0.4) is 0 Å². The van der Waals surface area contributed by atoms with Gasteiger partial charge in [0, 0.05) is 33.6 Å². The number of hydrogen-bond donors (Lipinski definition) is 1. The minimum atomic E-state index is -1.01. The van der Waals surface area contributed by atoms with Crippen LogP contribution in [0.15, 0.2) is 78.9 Å². The maximum absolute atomic E-state index is 14.4. The van der Waals surface area contributed by atoms with Crippen LogP contribution in [0.25, 0.3) is 0 Å². The first-order chi connectivity index (χ1) is 19.0. The molecule has 39 heavy (non-hydrogen) atoms. The van der Waals surface area contributed by atoms with Gasteiger partial charge >= 0.3 is 0 Å². The van der Waals surface area contributed by atoms with Crippen molar-refractivity contribution in [1.29, 1.82) is 0 Å². The summed E-state index contributed by atoms with van der Waals surface area (Å²) >= 11 is 6.16. The van der Waals surface area contributed by atoms with E-state index in [9.17, 15) is 9.59 Å². The molecule has 7 rings (SSSR count). The topological polar surface area (TPSA) is 77.1 Å². The predicted octanol–water partition coefficient (Wildman–Crippen LogP) is 5.85. The minimum Gasteiger partial charge on any atom is -0.491 e. The number of fused-ring (bicyclic) bond motifs is 5. The van der Waals surface area contributed by atoms with Gasteiger partial charge in [0.1, 0.15) is 17.8 Å². The van der Waals surface area contributed by atoms with Gasteiger partial charge in [-0.05, 0) is 53.9 Å². The van der Waals surface area contributed by atoms with Crippen LogP contribution in [0.1, 0.15) is 32.6 Å². The molecule has 1 spiro atoms. The molecule has 2 amide bonds. The number of nitrogens with one attached hydrogen (secondary N) is 1. The Balaban J connectivity index is 1.26. The number of benzene rings is 4. The number of nitrogens with zero attached hydrogens (tertiary/aromatic N) is 1. The standard InChI is InChI=1S/C31H23ClN2O5/c1-18-10-11-20(32)12-24(18)33-29(35)21-7-3-2-6-19(21)15-34-25-9-5-4-8-22(25)31(30(34)36)16-37-26-14-28-27(13-23(26)31)38-17-39-28/h2-14H,15-17H2,1H3,(H,33,35). The van der Waals surface area contributed by atoms with Crippen LogP contribution >= 0.6 is 11.6 Å². The fourth-order valence-electron chi connectivity index (χ4n) is 5.69. The van der Waals surface area contributed by atoms with Crippen molar-refractivity contribution in [3.05, 3.63) is 112 Å². The van der Waals surface area contributed by atoms with Gasteiger partial charge in [0.25, 0.3) is 5.91 Å². The highest BCUT2D eigenvalue weighted by Gasteiger charge is 2.57. The lowest BCUT2D eigenvalue weighted by molar-refractivity contribution is -0.122. The predicted molar refractivity (Wildman–Crippen MR) is 147 cm³/mol. The molecule has 3 heterocycles. The molecule has 0 aromatic heterocycles. The van der Waals surface area contributed by atoms with E-state index < -0.39 is 5.41 Å². The van der Waals surface area contributed by atoms with Crippen molar-refractivity contribution in [2.24, 2.45) is 0 Å². The highest BCUT2D eigenvalue weighted by Crippen LogP contribution is 2.55. The van der Waals surface area contributed by atoms with Crippen LogP contribution in [-0.4, -0.2) is 25.2 Å². The highest BCUT2D eigenvalue weighted by atomic mass is 35.5. The molecule has 7 nitrogen and oxygen atoms in total. The van der Waals surface area contributed by atoms with Gasteiger partial charge in [-0.1, -0.05) is 54.1 Å². The molecule has 0 saturated carbocycles. The maximum atomic E-state index is 14.4. The summed E-state index contributed by atoms with van der Waals surface area (Å²) in [4.78, 5) is 29.5. The van der Waals surface area contributed by atoms with Crippen LogP contribution in [0.4, 0.5) is 11.4 Å². The van der Waals surface area contributed by atoms with E-state index in [-0.39, 0.29) is 31.8 Å². The van der Waals surface area contributed by atoms with E-state index in [1.54, 1.807) is 29.2 Å². The van der Waals surface area contributed by atoms with Gasteiger partial charge < -0.3 is 24.4 Å². The lowest BCUT2D eigenvalue weighted by Crippen LogP contribution is -2.42. The van der Waals surface area contributed by atoms with Gasteiger partial charge in [-0.25, -0.2) is 0 Å². The second-order valence-corrected chi connectivity index (χ2v) is 10.3. The Morgan fingerprint density at radius 2 is 1.69 bits per heavy atom. The van der Waals surface area contributed by atoms with E-state index in [0.717, 1.165) is 27.9 Å². The molecule has 0 saturated heterocycles. The number of amides is 2. The molecule has 1 unspecified atom stereocenters. The molecule has 1 atom stereocenters. The molecule has 194 valence electrons. The summed E-state index contributed by atoms with van der Waals surface area (Å²) < 4.78 is 17.2. The maximum Gasteiger partial charge on any atom is 0.256 e. The Morgan fingerprint density at radius 3 is 2.56 bits per heavy atom. The molecule has 3 aliphatic heterocycles. The molecule has 4 aromatic rings. The fourth-order valence-corrected chi connectivity index (χ4v) is 5.86. The number of para-hydroxylation sites is 1. The summed E-state index contributed by atoms with van der Waals surface area (Å²) in [6, 6.07) is 24.1. The van der Waals surface area contributed by atoms with Crippen LogP contribution < -0.4 is 24.4 Å². The van der Waals surface area contributed by atoms with Crippen LogP contribution in [-0.2, 0) is 16.8 Å². The van der Waals surface area contributed by atoms with Gasteiger partial charge in [0.15, 0.2) is 11.5 Å². The third-order valence-corrected chi connectivity index (χ3v) is 7.92. The molecular formula is C31H23ClN2O5. The number of carbonyl (C=O) groups is 2. The molecule has 0 fully saturated rings. The lowest BCUT2D eigenvalue weighted by atomic mass is 9.77. The summed E-state index contributed by atoms with van der Waals surface area (Å²) in [6.07, 6.45) is 0. The van der Waals surface area contributed by atoms with E-state index in [1.165, 1.54) is 0 Å². The van der Waals surface area contributed by atoms with Crippen LogP contribution in [0, 0.1) is 6.92 Å². The average molecular weight is 539 g/mol. The van der Waals surface area contributed by atoms with Gasteiger partial charge in [0.05, 0.1) is 6.54 Å². The molecule has 0 radical (unpaired) electrons. The molecule has 0 bridgehead atoms. The summed E-state index contributed by atoms with van der Waals surface area (Å²) in [5, 5.41) is 3.51. The number of rotatable bonds is 4. The summed E-state index contributed by atoms with van der Waals surface area (Å²) in [5.41, 5.74) is 4.14. The van der Waals surface area contributed by atoms with Crippen molar-refractivity contribution in [3.8, 4) is 17.2 Å². The third-order valence-electron chi connectivity index (χ3n) is 7.68. The van der Waals surface area contributed by atoms with Gasteiger partial charge in [-0.2, -0.15) is 0 Å². The van der Waals surface area contributed by atoms with E-state index in [4.69, 9.17) is 25.8 Å². The first-order valence-electron chi connectivity index (χ1n) is 12.6. The van der Waals surface area contributed by atoms with Crippen LogP contribution in [0.5, 0.6) is 17.2 Å². The SMILES string of the molecule is Cc1ccc(Cl)cc1NC(=O)c1ccccc1CN1C(=O)C2(COc3cc4c(cc32)OCO4)c2ccccc21. The lowest BCUT2D eigenvalue weighted by Gasteiger charge is -2.24. The molecular weight excluding hydrogens is 516 g/mol. The molecule has 8 heteroatoms. The highest BCUT2D eigenvalue weighted by molar-refractivity contribution is 6.31. The Hall–Kier alpha value is -4.49. The van der Waals surface area contributed by atoms with E-state index in [1.807, 2.05) is 61.5 Å². The Kier molecular flexibility index (Phi) is 5.32. The van der Waals surface area contributed by atoms with E-state index >= 15 is 0 Å². The number of anilines is 2. The molecule has 4 aromatic carbocycles. The normalized spacial score (nSPS) is 18.2. The smallest absolute Gasteiger partial charge is 0.256 e. The third kappa shape index (κ3) is 3.57. The Morgan fingerprint density at radius 1 is 0.923 bits per heavy atom. The van der Waals surface area contributed by atoms with Crippen molar-refractivity contribution in [3.63, 3.8) is 0 Å². The quantitative estimate of drug-likeness (QED) is 0.352. The largest absolute Gasteiger partial charge is 0.491 e. The number of ether oxygens (including phenoxy) is 3. The van der Waals surface area contributed by atoms with Crippen molar-refractivity contribution >= 4 is 34.8 Å². The summed E-state index contributed by atoms with van der Waals surface area (Å²) in [5.74, 6) is 1.44. The molecule has 1 N–H and O–H groups in total. The zero-order valence-corrected chi connectivity index (χ0v) is 21.7. The number of carbonyl (C=O) groups excluding carboxylic acids is 2. The van der Waals surface area contributed by atoms with E-state index in [0.29, 0.717) is 33.5 Å². The summed E-state index contributed by atoms with van der Waals surface area (Å²) in [7, 11) is 0. The van der Waals surface area contributed by atoms with Gasteiger partial charge in [-0.3, -0.25) is 9.59 Å². The average Bonchev–Trinajstić information content (AvgIpc) is 3.62. The van der Waals surface area contributed by atoms with Gasteiger partial charge in [-0.15, -0.1) is 0 Å². The zero-order valence-electron chi connectivity index (χ0n) is 21.0. The Bertz CT molecular complexity index is 1690. The second-order valence-electron chi connectivity index (χ2n) is 9.87. The first kappa shape index (κ1) is 23.6. The number of hydrogen-bond acceptors (Lipinski definition) is 5. The van der Waals surface area contributed by atoms with Crippen molar-refractivity contribution in [2.45, 2.75) is 18.9 Å². The van der Waals surface area contributed by atoms with E-state index in [2.05, 4.69) is 5.32 Å². The number of halogens is 1. The monoisotopic (exact) mass is 538 g/mol. The first-order valence-corrected chi connectivity index (χ1v) is 13.0. The number of aryl methyl sites for hydroxylation is 1. The Labute approximate surface area is 229 Å². The van der Waals surface area contributed by atoms with Crippen molar-refractivity contribution in [1.82, 2.24) is 0 Å². The van der Waals surface area contributed by atoms with Crippen molar-refractivity contribution in [2.75, 3.05) is 23.6 Å². The second kappa shape index (κ2) is 8.78. The fraction of sp³-hybridized carbons (Fsp3) is 0.161. The van der Waals surface area contributed by atoms with Crippen molar-refractivity contribution < 1.29 is 23.8 Å². The van der Waals surface area contributed by atoms with Gasteiger partial charge in [0.2, 0.25) is 12.7 Å². The van der Waals surface area contributed by atoms with Crippen LogP contribution in [0.2, 0.25) is 5.02 Å². The zero-order chi connectivity index (χ0) is 26.7. The molecule has 0 aliphatic carbocycles. The molecule has 3 aliphatic rings.